The molecule has 0 radical (unpaired) electrons. The fraction of sp³-hybridized carbons (Fsp3) is 0.722. The summed E-state index contributed by atoms with van der Waals surface area (Å²) in [5.41, 5.74) is 7.66. The zero-order valence-corrected chi connectivity index (χ0v) is 13.7. The van der Waals surface area contributed by atoms with Crippen molar-refractivity contribution in [1.29, 1.82) is 0 Å². The van der Waals surface area contributed by atoms with E-state index in [-0.39, 0.29) is 5.41 Å². The van der Waals surface area contributed by atoms with Crippen LogP contribution in [0, 0.1) is 0 Å². The molecule has 1 aliphatic rings. The number of aromatic nitrogens is 1. The van der Waals surface area contributed by atoms with E-state index in [1.165, 1.54) is 30.7 Å². The van der Waals surface area contributed by atoms with E-state index in [2.05, 4.69) is 48.5 Å². The second-order valence-corrected chi connectivity index (χ2v) is 7.63. The van der Waals surface area contributed by atoms with E-state index < -0.39 is 0 Å². The molecule has 1 nitrogen and oxygen atoms in total. The molecule has 1 heteroatoms. The van der Waals surface area contributed by atoms with Gasteiger partial charge in [0, 0.05) is 11.4 Å². The molecule has 0 aliphatic heterocycles. The smallest absolute Gasteiger partial charge is 0.0472 e. The van der Waals surface area contributed by atoms with Crippen LogP contribution < -0.4 is 0 Å². The van der Waals surface area contributed by atoms with Crippen molar-refractivity contribution in [3.8, 4) is 0 Å². The van der Waals surface area contributed by atoms with Crippen LogP contribution in [0.1, 0.15) is 94.8 Å². The van der Waals surface area contributed by atoms with Crippen LogP contribution >= 0.6 is 0 Å². The van der Waals surface area contributed by atoms with Gasteiger partial charge in [-0.2, -0.15) is 0 Å². The normalized spacial score (nSPS) is 15.4. The number of rotatable bonds is 2. The summed E-state index contributed by atoms with van der Waals surface area (Å²) in [4.78, 5) is 5.11. The molecule has 1 aromatic heterocycles. The second kappa shape index (κ2) is 4.92. The van der Waals surface area contributed by atoms with E-state index in [1.54, 1.807) is 16.7 Å². The predicted octanol–water partition coefficient (Wildman–Crippen LogP) is 5.11. The molecule has 0 spiro atoms. The molecule has 19 heavy (non-hydrogen) atoms. The van der Waals surface area contributed by atoms with Crippen LogP contribution in [0.15, 0.2) is 0 Å². The Morgan fingerprint density at radius 2 is 1.37 bits per heavy atom. The molecule has 0 unspecified atom stereocenters. The van der Waals surface area contributed by atoms with E-state index in [1.807, 2.05) is 0 Å². The maximum Gasteiger partial charge on any atom is 0.0472 e. The lowest BCUT2D eigenvalue weighted by atomic mass is 9.78. The minimum Gasteiger partial charge on any atom is -0.257 e. The highest BCUT2D eigenvalue weighted by Gasteiger charge is 2.30. The van der Waals surface area contributed by atoms with Crippen molar-refractivity contribution in [3.63, 3.8) is 0 Å². The summed E-state index contributed by atoms with van der Waals surface area (Å²) in [5, 5.41) is 0. The zero-order valence-electron chi connectivity index (χ0n) is 13.7. The monoisotopic (exact) mass is 259 g/mol. The van der Waals surface area contributed by atoms with Crippen LogP contribution in [0.25, 0.3) is 0 Å². The summed E-state index contributed by atoms with van der Waals surface area (Å²) in [7, 11) is 0. The molecule has 0 aromatic carbocycles. The molecule has 106 valence electrons. The van der Waals surface area contributed by atoms with Crippen molar-refractivity contribution in [1.82, 2.24) is 4.98 Å². The van der Waals surface area contributed by atoms with E-state index in [9.17, 15) is 0 Å². The summed E-state index contributed by atoms with van der Waals surface area (Å²) in [5.74, 6) is 1.05. The number of hydrogen-bond acceptors (Lipinski definition) is 1. The fourth-order valence-electron chi connectivity index (χ4n) is 3.44. The van der Waals surface area contributed by atoms with Gasteiger partial charge < -0.3 is 0 Å². The first-order chi connectivity index (χ1) is 8.73. The molecular formula is C18H29N. The molecule has 0 bridgehead atoms. The Morgan fingerprint density at radius 3 is 1.84 bits per heavy atom. The maximum atomic E-state index is 5.11. The Labute approximate surface area is 118 Å². The van der Waals surface area contributed by atoms with Crippen LogP contribution in [0.4, 0.5) is 0 Å². The fourth-order valence-corrected chi connectivity index (χ4v) is 3.44. The quantitative estimate of drug-likeness (QED) is 0.719. The highest BCUT2D eigenvalue weighted by atomic mass is 14.7. The minimum absolute atomic E-state index is 0.205. The van der Waals surface area contributed by atoms with Gasteiger partial charge in [0.05, 0.1) is 0 Å². The Morgan fingerprint density at radius 1 is 0.842 bits per heavy atom. The van der Waals surface area contributed by atoms with E-state index in [4.69, 9.17) is 4.98 Å². The van der Waals surface area contributed by atoms with Crippen molar-refractivity contribution in [2.75, 3.05) is 0 Å². The van der Waals surface area contributed by atoms with Crippen LogP contribution in [0.3, 0.4) is 0 Å². The van der Waals surface area contributed by atoms with E-state index in [0.29, 0.717) is 11.8 Å². The Hall–Kier alpha value is -0.850. The summed E-state index contributed by atoms with van der Waals surface area (Å²) in [6.45, 7) is 16.1. The largest absolute Gasteiger partial charge is 0.257 e. The van der Waals surface area contributed by atoms with Crippen LogP contribution in [-0.4, -0.2) is 4.98 Å². The molecule has 1 heterocycles. The standard InChI is InChI=1S/C18H29N/c1-11(2)16-14-10-8-9-13(14)15(18(5,6)7)17(19-16)12(3)4/h11-12H,8-10H2,1-7H3. The van der Waals surface area contributed by atoms with Gasteiger partial charge in [0.2, 0.25) is 0 Å². The third kappa shape index (κ3) is 2.57. The predicted molar refractivity (Wildman–Crippen MR) is 83.1 cm³/mol. The maximum absolute atomic E-state index is 5.11. The summed E-state index contributed by atoms with van der Waals surface area (Å²) in [6, 6.07) is 0. The van der Waals surface area contributed by atoms with Gasteiger partial charge in [-0.3, -0.25) is 4.98 Å². The van der Waals surface area contributed by atoms with Crippen molar-refractivity contribution >= 4 is 0 Å². The van der Waals surface area contributed by atoms with Crippen LogP contribution in [0.2, 0.25) is 0 Å². The third-order valence-corrected chi connectivity index (χ3v) is 4.17. The molecule has 1 aliphatic carbocycles. The molecule has 0 fully saturated rings. The van der Waals surface area contributed by atoms with Crippen molar-refractivity contribution in [3.05, 3.63) is 28.1 Å². The molecule has 0 saturated carbocycles. The Balaban J connectivity index is 2.76. The number of fused-ring (bicyclic) bond motifs is 1. The summed E-state index contributed by atoms with van der Waals surface area (Å²) < 4.78 is 0. The Bertz CT molecular complexity index is 475. The van der Waals surface area contributed by atoms with Gasteiger partial charge in [-0.25, -0.2) is 0 Å². The van der Waals surface area contributed by atoms with Crippen LogP contribution in [-0.2, 0) is 18.3 Å². The first-order valence-corrected chi connectivity index (χ1v) is 7.79. The summed E-state index contributed by atoms with van der Waals surface area (Å²) in [6.07, 6.45) is 3.79. The van der Waals surface area contributed by atoms with Gasteiger partial charge in [-0.15, -0.1) is 0 Å². The van der Waals surface area contributed by atoms with E-state index in [0.717, 1.165) is 0 Å². The molecule has 0 N–H and O–H groups in total. The van der Waals surface area contributed by atoms with Crippen LogP contribution in [0.5, 0.6) is 0 Å². The minimum atomic E-state index is 0.205. The van der Waals surface area contributed by atoms with Gasteiger partial charge >= 0.3 is 0 Å². The van der Waals surface area contributed by atoms with Crippen molar-refractivity contribution in [2.45, 2.75) is 85.0 Å². The number of hydrogen-bond donors (Lipinski definition) is 0. The Kier molecular flexibility index (Phi) is 3.77. The molecule has 1 aromatic rings. The molecule has 0 amide bonds. The van der Waals surface area contributed by atoms with Gasteiger partial charge in [-0.1, -0.05) is 48.5 Å². The highest BCUT2D eigenvalue weighted by molar-refractivity contribution is 5.48. The zero-order chi connectivity index (χ0) is 14.4. The average molecular weight is 259 g/mol. The molecule has 0 saturated heterocycles. The first kappa shape index (κ1) is 14.6. The lowest BCUT2D eigenvalue weighted by Gasteiger charge is -2.29. The number of pyridine rings is 1. The third-order valence-electron chi connectivity index (χ3n) is 4.17. The highest BCUT2D eigenvalue weighted by Crippen LogP contribution is 2.40. The van der Waals surface area contributed by atoms with Gasteiger partial charge in [-0.05, 0) is 53.2 Å². The molecular weight excluding hydrogens is 230 g/mol. The van der Waals surface area contributed by atoms with Gasteiger partial charge in [0.25, 0.3) is 0 Å². The summed E-state index contributed by atoms with van der Waals surface area (Å²) >= 11 is 0. The molecule has 0 atom stereocenters. The SMILES string of the molecule is CC(C)c1nc(C(C)C)c(C(C)(C)C)c2c1CCC2. The lowest BCUT2D eigenvalue weighted by molar-refractivity contribution is 0.560. The van der Waals surface area contributed by atoms with E-state index >= 15 is 0 Å². The van der Waals surface area contributed by atoms with Gasteiger partial charge in [0.1, 0.15) is 0 Å². The van der Waals surface area contributed by atoms with Crippen molar-refractivity contribution < 1.29 is 0 Å². The lowest BCUT2D eigenvalue weighted by Crippen LogP contribution is -2.21. The second-order valence-electron chi connectivity index (χ2n) is 7.63. The number of nitrogens with zero attached hydrogens (tertiary/aromatic N) is 1. The first-order valence-electron chi connectivity index (χ1n) is 7.79. The van der Waals surface area contributed by atoms with Gasteiger partial charge in [0.15, 0.2) is 0 Å². The topological polar surface area (TPSA) is 12.9 Å². The van der Waals surface area contributed by atoms with Crippen molar-refractivity contribution in [2.24, 2.45) is 0 Å². The molecule has 2 rings (SSSR count). The average Bonchev–Trinajstić information content (AvgIpc) is 2.72.